The lowest BCUT2D eigenvalue weighted by Crippen LogP contribution is -2.30. The van der Waals surface area contributed by atoms with E-state index in [1.165, 1.54) is 12.1 Å². The van der Waals surface area contributed by atoms with E-state index in [-0.39, 0.29) is 39.6 Å². The Labute approximate surface area is 246 Å². The van der Waals surface area contributed by atoms with Crippen LogP contribution in [0.5, 0.6) is 0 Å². The first-order chi connectivity index (χ1) is 18.2. The maximum Gasteiger partial charge on any atom is 0.268 e. The number of nitrogens with zero attached hydrogens (tertiary/aromatic N) is 3. The molecule has 0 aliphatic rings. The van der Waals surface area contributed by atoms with E-state index in [4.69, 9.17) is 46.4 Å². The SMILES string of the molecule is CC(CNC(=O)c1cc(Cl)c(Cl)cc1N(c1nsnc1Cc1ccccc1)S(=O)O)c1ccc(Cl)c(Cl)c1. The predicted octanol–water partition coefficient (Wildman–Crippen LogP) is 7.55. The molecule has 4 aromatic rings. The van der Waals surface area contributed by atoms with Crippen molar-refractivity contribution in [3.63, 3.8) is 0 Å². The Balaban J connectivity index is 1.65. The molecule has 1 amide bonds. The summed E-state index contributed by atoms with van der Waals surface area (Å²) in [5.74, 6) is -0.492. The summed E-state index contributed by atoms with van der Waals surface area (Å²) in [6.07, 6.45) is 0.365. The summed E-state index contributed by atoms with van der Waals surface area (Å²) in [4.78, 5) is 13.4. The Morgan fingerprint density at radius 3 is 2.37 bits per heavy atom. The third kappa shape index (κ3) is 6.66. The van der Waals surface area contributed by atoms with Crippen LogP contribution in [0.4, 0.5) is 11.5 Å². The maximum absolute atomic E-state index is 13.4. The third-order valence-electron chi connectivity index (χ3n) is 5.68. The van der Waals surface area contributed by atoms with Crippen LogP contribution < -0.4 is 9.62 Å². The number of hydrogen-bond acceptors (Lipinski definition) is 5. The van der Waals surface area contributed by atoms with E-state index in [2.05, 4.69) is 14.1 Å². The fraction of sp³-hybridized carbons (Fsp3) is 0.160. The lowest BCUT2D eigenvalue weighted by Gasteiger charge is -2.22. The highest BCUT2D eigenvalue weighted by Gasteiger charge is 2.28. The van der Waals surface area contributed by atoms with Crippen molar-refractivity contribution in [3.8, 4) is 0 Å². The van der Waals surface area contributed by atoms with Crippen molar-refractivity contribution in [2.45, 2.75) is 19.3 Å². The minimum absolute atomic E-state index is 0.0433. The first-order valence-corrected chi connectivity index (χ1v) is 14.4. The van der Waals surface area contributed by atoms with Crippen LogP contribution in [0.2, 0.25) is 20.1 Å². The monoisotopic (exact) mass is 628 g/mol. The van der Waals surface area contributed by atoms with E-state index in [9.17, 15) is 13.6 Å². The molecule has 1 aromatic heterocycles. The molecule has 2 unspecified atom stereocenters. The van der Waals surface area contributed by atoms with Crippen molar-refractivity contribution >= 4 is 86.8 Å². The van der Waals surface area contributed by atoms with Crippen LogP contribution in [0.15, 0.2) is 60.7 Å². The van der Waals surface area contributed by atoms with E-state index >= 15 is 0 Å². The highest BCUT2D eigenvalue weighted by Crippen LogP contribution is 2.37. The summed E-state index contributed by atoms with van der Waals surface area (Å²) in [6.45, 7) is 2.16. The molecule has 198 valence electrons. The number of rotatable bonds is 9. The standard InChI is InChI=1S/C25H20Cl4N4O3S2/c1-14(16-7-8-18(26)19(27)10-16)13-30-25(34)17-11-20(28)21(29)12-23(17)33(38(35)36)24-22(31-37-32-24)9-15-5-3-2-4-6-15/h2-8,10-12,14H,9,13H2,1H3,(H,30,34)(H,35,36). The molecule has 0 aliphatic carbocycles. The number of carbonyl (C=O) groups excluding carboxylic acids is 1. The molecule has 2 atom stereocenters. The molecular formula is C25H20Cl4N4O3S2. The third-order valence-corrected chi connectivity index (χ3v) is 8.38. The van der Waals surface area contributed by atoms with Crippen molar-refractivity contribution in [2.75, 3.05) is 10.8 Å². The molecule has 0 fully saturated rings. The normalized spacial score (nSPS) is 12.7. The van der Waals surface area contributed by atoms with Gasteiger partial charge in [0.25, 0.3) is 17.2 Å². The molecule has 0 bridgehead atoms. The lowest BCUT2D eigenvalue weighted by molar-refractivity contribution is 0.0952. The molecule has 0 spiro atoms. The molecule has 0 saturated carbocycles. The second-order valence-corrected chi connectivity index (χ2v) is 11.3. The fourth-order valence-corrected chi connectivity index (χ4v) is 5.54. The van der Waals surface area contributed by atoms with E-state index in [0.29, 0.717) is 22.2 Å². The van der Waals surface area contributed by atoms with Crippen molar-refractivity contribution in [3.05, 3.63) is 103 Å². The average Bonchev–Trinajstić information content (AvgIpc) is 3.33. The minimum Gasteiger partial charge on any atom is -0.351 e. The van der Waals surface area contributed by atoms with Gasteiger partial charge in [-0.1, -0.05) is 89.7 Å². The van der Waals surface area contributed by atoms with Gasteiger partial charge >= 0.3 is 0 Å². The van der Waals surface area contributed by atoms with Crippen molar-refractivity contribution in [1.82, 2.24) is 14.1 Å². The summed E-state index contributed by atoms with van der Waals surface area (Å²) in [7, 11) is 0. The fourth-order valence-electron chi connectivity index (χ4n) is 3.69. The smallest absolute Gasteiger partial charge is 0.268 e. The van der Waals surface area contributed by atoms with Gasteiger partial charge in [0.15, 0.2) is 5.82 Å². The second-order valence-electron chi connectivity index (χ2n) is 8.29. The quantitative estimate of drug-likeness (QED) is 0.186. The van der Waals surface area contributed by atoms with Crippen LogP contribution in [0.25, 0.3) is 0 Å². The molecule has 13 heteroatoms. The number of hydrogen-bond donors (Lipinski definition) is 2. The number of amides is 1. The Morgan fingerprint density at radius 1 is 1.00 bits per heavy atom. The molecule has 0 saturated heterocycles. The predicted molar refractivity (Wildman–Crippen MR) is 156 cm³/mol. The van der Waals surface area contributed by atoms with Gasteiger partial charge in [-0.05, 0) is 41.3 Å². The summed E-state index contributed by atoms with van der Waals surface area (Å²) in [6, 6.07) is 17.5. The number of anilines is 2. The molecule has 38 heavy (non-hydrogen) atoms. The van der Waals surface area contributed by atoms with Gasteiger partial charge in [0.2, 0.25) is 0 Å². The zero-order valence-corrected chi connectivity index (χ0v) is 24.4. The Kier molecular flexibility index (Phi) is 9.64. The molecule has 3 aromatic carbocycles. The molecule has 7 nitrogen and oxygen atoms in total. The first-order valence-electron chi connectivity index (χ1n) is 11.1. The van der Waals surface area contributed by atoms with Crippen LogP contribution in [0.3, 0.4) is 0 Å². The Hall–Kier alpha value is -2.24. The van der Waals surface area contributed by atoms with Gasteiger partial charge in [-0.2, -0.15) is 8.75 Å². The largest absolute Gasteiger partial charge is 0.351 e. The highest BCUT2D eigenvalue weighted by atomic mass is 35.5. The second kappa shape index (κ2) is 12.7. The van der Waals surface area contributed by atoms with Gasteiger partial charge in [-0.25, -0.2) is 8.51 Å². The van der Waals surface area contributed by atoms with Gasteiger partial charge in [-0.3, -0.25) is 9.35 Å². The van der Waals surface area contributed by atoms with Crippen molar-refractivity contribution in [2.24, 2.45) is 0 Å². The maximum atomic E-state index is 13.4. The highest BCUT2D eigenvalue weighted by molar-refractivity contribution is 7.81. The number of benzene rings is 3. The van der Waals surface area contributed by atoms with Gasteiger partial charge in [-0.15, -0.1) is 0 Å². The topological polar surface area (TPSA) is 95.4 Å². The van der Waals surface area contributed by atoms with E-state index < -0.39 is 17.2 Å². The molecular weight excluding hydrogens is 610 g/mol. The van der Waals surface area contributed by atoms with Crippen molar-refractivity contribution < 1.29 is 13.6 Å². The Morgan fingerprint density at radius 2 is 1.68 bits per heavy atom. The van der Waals surface area contributed by atoms with E-state index in [1.54, 1.807) is 12.1 Å². The average molecular weight is 630 g/mol. The molecule has 4 rings (SSSR count). The summed E-state index contributed by atoms with van der Waals surface area (Å²) in [5, 5.41) is 3.92. The summed E-state index contributed by atoms with van der Waals surface area (Å²) in [5.41, 5.74) is 2.39. The molecule has 0 radical (unpaired) electrons. The molecule has 1 heterocycles. The zero-order chi connectivity index (χ0) is 27.4. The summed E-state index contributed by atoms with van der Waals surface area (Å²) < 4.78 is 32.5. The van der Waals surface area contributed by atoms with Crippen LogP contribution >= 0.6 is 58.1 Å². The number of carbonyl (C=O) groups is 1. The lowest BCUT2D eigenvalue weighted by atomic mass is 10.0. The number of halogens is 4. The zero-order valence-electron chi connectivity index (χ0n) is 19.7. The van der Waals surface area contributed by atoms with Crippen LogP contribution in [-0.4, -0.2) is 30.0 Å². The van der Waals surface area contributed by atoms with Crippen LogP contribution in [-0.2, 0) is 17.7 Å². The van der Waals surface area contributed by atoms with Gasteiger partial charge in [0.05, 0.1) is 43.1 Å². The first kappa shape index (κ1) is 28.8. The van der Waals surface area contributed by atoms with E-state index in [0.717, 1.165) is 27.2 Å². The number of aromatic nitrogens is 2. The van der Waals surface area contributed by atoms with Gasteiger partial charge in [0, 0.05) is 13.0 Å². The van der Waals surface area contributed by atoms with Gasteiger partial charge in [0.1, 0.15) is 5.69 Å². The van der Waals surface area contributed by atoms with Gasteiger partial charge < -0.3 is 5.32 Å². The van der Waals surface area contributed by atoms with Crippen LogP contribution in [0.1, 0.15) is 40.0 Å². The summed E-state index contributed by atoms with van der Waals surface area (Å²) >= 11 is 22.9. The number of nitrogens with one attached hydrogen (secondary N) is 1. The molecule has 0 aliphatic heterocycles. The molecule has 2 N–H and O–H groups in total. The van der Waals surface area contributed by atoms with Crippen molar-refractivity contribution in [1.29, 1.82) is 0 Å². The Bertz CT molecular complexity index is 1490. The van der Waals surface area contributed by atoms with Crippen LogP contribution in [0, 0.1) is 0 Å². The van der Waals surface area contributed by atoms with E-state index in [1.807, 2.05) is 43.3 Å². The minimum atomic E-state index is -2.61.